The molecule has 0 atom stereocenters. The summed E-state index contributed by atoms with van der Waals surface area (Å²) >= 11 is 14.8. The molecule has 0 bridgehead atoms. The van der Waals surface area contributed by atoms with Crippen LogP contribution in [0.2, 0.25) is 5.02 Å². The molecule has 0 aromatic heterocycles. The number of sulfonamides is 1. The zero-order valence-corrected chi connectivity index (χ0v) is 17.5. The summed E-state index contributed by atoms with van der Waals surface area (Å²) in [4.78, 5) is 0.148. The summed E-state index contributed by atoms with van der Waals surface area (Å²) in [5.41, 5.74) is 1.29. The second-order valence-electron chi connectivity index (χ2n) is 4.26. The van der Waals surface area contributed by atoms with Gasteiger partial charge in [0.05, 0.1) is 10.7 Å². The van der Waals surface area contributed by atoms with Crippen molar-refractivity contribution in [2.75, 3.05) is 4.72 Å². The van der Waals surface area contributed by atoms with Crippen molar-refractivity contribution >= 4 is 81.8 Å². The fourth-order valence-corrected chi connectivity index (χ4v) is 5.32. The Morgan fingerprint density at radius 2 is 1.81 bits per heavy atom. The van der Waals surface area contributed by atoms with Crippen molar-refractivity contribution in [3.8, 4) is 0 Å². The van der Waals surface area contributed by atoms with Crippen LogP contribution in [0.25, 0.3) is 0 Å². The third-order valence-electron chi connectivity index (χ3n) is 2.68. The van der Waals surface area contributed by atoms with E-state index < -0.39 is 10.0 Å². The first-order valence-corrected chi connectivity index (χ1v) is 10.2. The van der Waals surface area contributed by atoms with E-state index in [1.807, 2.05) is 6.92 Å². The number of nitrogens with one attached hydrogen (secondary N) is 1. The molecule has 0 fully saturated rings. The number of halogens is 4. The third kappa shape index (κ3) is 4.13. The van der Waals surface area contributed by atoms with Gasteiger partial charge in [0.25, 0.3) is 10.0 Å². The Labute approximate surface area is 158 Å². The van der Waals surface area contributed by atoms with E-state index in [2.05, 4.69) is 59.2 Å². The molecule has 0 heterocycles. The van der Waals surface area contributed by atoms with Crippen LogP contribution in [0, 0.1) is 10.5 Å². The van der Waals surface area contributed by atoms with Gasteiger partial charge < -0.3 is 0 Å². The maximum absolute atomic E-state index is 12.5. The monoisotopic (exact) mass is 563 g/mol. The van der Waals surface area contributed by atoms with Gasteiger partial charge in [-0.2, -0.15) is 0 Å². The molecule has 2 rings (SSSR count). The van der Waals surface area contributed by atoms with E-state index in [-0.39, 0.29) is 4.90 Å². The van der Waals surface area contributed by atoms with Crippen molar-refractivity contribution in [1.29, 1.82) is 0 Å². The fraction of sp³-hybridized carbons (Fsp3) is 0.0769. The Balaban J connectivity index is 2.46. The molecule has 0 spiro atoms. The van der Waals surface area contributed by atoms with Crippen molar-refractivity contribution in [3.63, 3.8) is 0 Å². The average Bonchev–Trinajstić information content (AvgIpc) is 2.37. The van der Waals surface area contributed by atoms with Gasteiger partial charge in [0.2, 0.25) is 0 Å². The molecule has 0 radical (unpaired) electrons. The molecule has 0 unspecified atom stereocenters. The lowest BCUT2D eigenvalue weighted by Crippen LogP contribution is -2.14. The highest BCUT2D eigenvalue weighted by molar-refractivity contribution is 14.1. The van der Waals surface area contributed by atoms with E-state index in [1.165, 1.54) is 0 Å². The lowest BCUT2D eigenvalue weighted by molar-refractivity contribution is 0.600. The third-order valence-corrected chi connectivity index (χ3v) is 6.84. The number of hydrogen-bond acceptors (Lipinski definition) is 2. The SMILES string of the molecule is Cc1cc(Br)c(S(=O)(=O)Nc2ccc(I)cc2Cl)cc1Br. The summed E-state index contributed by atoms with van der Waals surface area (Å²) in [6, 6.07) is 8.42. The first kappa shape index (κ1) is 17.5. The molecule has 0 saturated carbocycles. The number of rotatable bonds is 3. The molecule has 3 nitrogen and oxygen atoms in total. The summed E-state index contributed by atoms with van der Waals surface area (Å²) in [5, 5.41) is 0.354. The van der Waals surface area contributed by atoms with Crippen LogP contribution in [0.15, 0.2) is 44.2 Å². The second kappa shape index (κ2) is 6.74. The molecule has 0 amide bonds. The van der Waals surface area contributed by atoms with Gasteiger partial charge in [-0.15, -0.1) is 0 Å². The molecule has 0 aliphatic carbocycles. The quantitative estimate of drug-likeness (QED) is 0.495. The van der Waals surface area contributed by atoms with E-state index in [0.717, 1.165) is 13.6 Å². The van der Waals surface area contributed by atoms with Crippen molar-refractivity contribution in [2.45, 2.75) is 11.8 Å². The van der Waals surface area contributed by atoms with Crippen LogP contribution >= 0.6 is 66.1 Å². The summed E-state index contributed by atoms with van der Waals surface area (Å²) in [5.74, 6) is 0. The lowest BCUT2D eigenvalue weighted by Gasteiger charge is -2.12. The Kier molecular flexibility index (Phi) is 5.62. The number of benzene rings is 2. The van der Waals surface area contributed by atoms with Crippen LogP contribution in [0.1, 0.15) is 5.56 Å². The van der Waals surface area contributed by atoms with Crippen molar-refractivity contribution in [2.24, 2.45) is 0 Å². The zero-order valence-electron chi connectivity index (χ0n) is 10.6. The molecular weight excluding hydrogens is 556 g/mol. The minimum Gasteiger partial charge on any atom is -0.278 e. The van der Waals surface area contributed by atoms with Gasteiger partial charge in [-0.25, -0.2) is 8.42 Å². The molecule has 8 heteroatoms. The summed E-state index contributed by atoms with van der Waals surface area (Å²) < 4.78 is 29.7. The summed E-state index contributed by atoms with van der Waals surface area (Å²) in [6.07, 6.45) is 0. The lowest BCUT2D eigenvalue weighted by atomic mass is 10.2. The van der Waals surface area contributed by atoms with Crippen LogP contribution < -0.4 is 4.72 Å². The number of hydrogen-bond donors (Lipinski definition) is 1. The predicted molar refractivity (Wildman–Crippen MR) is 102 cm³/mol. The van der Waals surface area contributed by atoms with Gasteiger partial charge in [-0.1, -0.05) is 27.5 Å². The Bertz CT molecular complexity index is 812. The minimum absolute atomic E-state index is 0.148. The standard InChI is InChI=1S/C13H9Br2ClINO2S/c1-7-4-10(15)13(6-9(7)14)21(19,20)18-12-3-2-8(17)5-11(12)16/h2-6,18H,1H3. The predicted octanol–water partition coefficient (Wildman–Crippen LogP) is 5.58. The Morgan fingerprint density at radius 3 is 2.43 bits per heavy atom. The molecule has 0 saturated heterocycles. The molecule has 2 aromatic rings. The van der Waals surface area contributed by atoms with E-state index in [9.17, 15) is 8.42 Å². The van der Waals surface area contributed by atoms with E-state index >= 15 is 0 Å². The molecule has 0 aliphatic heterocycles. The number of aryl methyl sites for hydroxylation is 1. The largest absolute Gasteiger partial charge is 0.278 e. The van der Waals surface area contributed by atoms with Crippen molar-refractivity contribution < 1.29 is 8.42 Å². The second-order valence-corrected chi connectivity index (χ2v) is 9.27. The van der Waals surface area contributed by atoms with Gasteiger partial charge in [-0.05, 0) is 81.3 Å². The van der Waals surface area contributed by atoms with E-state index in [1.54, 1.807) is 30.3 Å². The maximum atomic E-state index is 12.5. The molecule has 1 N–H and O–H groups in total. The highest BCUT2D eigenvalue weighted by Crippen LogP contribution is 2.32. The van der Waals surface area contributed by atoms with Crippen LogP contribution in [0.3, 0.4) is 0 Å². The van der Waals surface area contributed by atoms with Crippen LogP contribution in [-0.2, 0) is 10.0 Å². The van der Waals surface area contributed by atoms with Crippen LogP contribution in [0.4, 0.5) is 5.69 Å². The zero-order chi connectivity index (χ0) is 15.8. The van der Waals surface area contributed by atoms with Gasteiger partial charge in [0, 0.05) is 12.5 Å². The van der Waals surface area contributed by atoms with Gasteiger partial charge >= 0.3 is 0 Å². The normalized spacial score (nSPS) is 11.5. The highest BCUT2D eigenvalue weighted by Gasteiger charge is 2.20. The van der Waals surface area contributed by atoms with E-state index in [0.29, 0.717) is 15.2 Å². The molecule has 0 aliphatic rings. The fourth-order valence-electron chi connectivity index (χ4n) is 1.61. The topological polar surface area (TPSA) is 46.2 Å². The highest BCUT2D eigenvalue weighted by atomic mass is 127. The number of anilines is 1. The van der Waals surface area contributed by atoms with Crippen molar-refractivity contribution in [1.82, 2.24) is 0 Å². The van der Waals surface area contributed by atoms with Gasteiger partial charge in [0.1, 0.15) is 4.90 Å². The summed E-state index contributed by atoms with van der Waals surface area (Å²) in [7, 11) is -3.73. The average molecular weight is 565 g/mol. The minimum atomic E-state index is -3.73. The Hall–Kier alpha value is 0.170. The van der Waals surface area contributed by atoms with Gasteiger partial charge in [0.15, 0.2) is 0 Å². The van der Waals surface area contributed by atoms with Crippen LogP contribution in [-0.4, -0.2) is 8.42 Å². The smallest absolute Gasteiger partial charge is 0.263 e. The Morgan fingerprint density at radius 1 is 1.14 bits per heavy atom. The molecule has 112 valence electrons. The summed E-state index contributed by atoms with van der Waals surface area (Å²) in [6.45, 7) is 1.88. The van der Waals surface area contributed by atoms with Crippen LogP contribution in [0.5, 0.6) is 0 Å². The first-order valence-electron chi connectivity index (χ1n) is 5.64. The molecule has 21 heavy (non-hydrogen) atoms. The maximum Gasteiger partial charge on any atom is 0.263 e. The van der Waals surface area contributed by atoms with Gasteiger partial charge in [-0.3, -0.25) is 4.72 Å². The van der Waals surface area contributed by atoms with Crippen molar-refractivity contribution in [3.05, 3.63) is 53.4 Å². The molecular formula is C13H9Br2ClINO2S. The first-order chi connectivity index (χ1) is 9.70. The van der Waals surface area contributed by atoms with E-state index in [4.69, 9.17) is 11.6 Å². The molecule has 2 aromatic carbocycles.